The molecule has 3 N–H and O–H groups in total. The van der Waals surface area contributed by atoms with Crippen LogP contribution in [0.25, 0.3) is 0 Å². The molecule has 3 heterocycles. The van der Waals surface area contributed by atoms with Crippen molar-refractivity contribution in [3.8, 4) is 0 Å². The fraction of sp³-hybridized carbons (Fsp3) is 0.312. The quantitative estimate of drug-likeness (QED) is 0.908. The van der Waals surface area contributed by atoms with Crippen molar-refractivity contribution >= 4 is 17.8 Å². The Bertz CT molecular complexity index is 740. The third kappa shape index (κ3) is 3.18. The molecule has 0 saturated carbocycles. The highest BCUT2D eigenvalue weighted by molar-refractivity contribution is 5.93. The number of likely N-dealkylation sites (tertiary alicyclic amines) is 1. The summed E-state index contributed by atoms with van der Waals surface area (Å²) in [4.78, 5) is 29.4. The van der Waals surface area contributed by atoms with Gasteiger partial charge in [-0.1, -0.05) is 6.07 Å². The summed E-state index contributed by atoms with van der Waals surface area (Å²) >= 11 is 0. The van der Waals surface area contributed by atoms with Gasteiger partial charge in [-0.05, 0) is 44.0 Å². The van der Waals surface area contributed by atoms with Gasteiger partial charge in [0.05, 0.1) is 6.04 Å². The Morgan fingerprint density at radius 3 is 2.87 bits per heavy atom. The number of urea groups is 1. The van der Waals surface area contributed by atoms with Crippen LogP contribution in [0.1, 0.15) is 40.9 Å². The molecule has 1 saturated heterocycles. The van der Waals surface area contributed by atoms with E-state index in [2.05, 4.69) is 10.3 Å². The van der Waals surface area contributed by atoms with E-state index in [1.165, 1.54) is 6.07 Å². The highest BCUT2D eigenvalue weighted by Gasteiger charge is 2.32. The van der Waals surface area contributed by atoms with E-state index in [0.29, 0.717) is 12.4 Å². The van der Waals surface area contributed by atoms with Crippen molar-refractivity contribution in [1.29, 1.82) is 0 Å². The molecule has 1 fully saturated rings. The standard InChI is InChI=1S/C16H18N4O3/c1-10-7-8-13(23-10)12-5-3-9-20(12)16(22)19-14-6-2-4-11(18-14)15(17)21/h2,4,6-8,12H,3,5,9H2,1H3,(H2,17,21)(H,18,19,22)/t12-/m1/s1. The number of primary amides is 1. The van der Waals surface area contributed by atoms with Crippen LogP contribution in [0, 0.1) is 6.92 Å². The van der Waals surface area contributed by atoms with Crippen LogP contribution in [-0.2, 0) is 0 Å². The molecule has 2 aromatic heterocycles. The zero-order valence-corrected chi connectivity index (χ0v) is 12.8. The Kier molecular flexibility index (Phi) is 4.01. The van der Waals surface area contributed by atoms with E-state index in [1.807, 2.05) is 19.1 Å². The number of hydrogen-bond donors (Lipinski definition) is 2. The van der Waals surface area contributed by atoms with Gasteiger partial charge in [-0.3, -0.25) is 10.1 Å². The van der Waals surface area contributed by atoms with Crippen LogP contribution in [0.3, 0.4) is 0 Å². The number of nitrogens with one attached hydrogen (secondary N) is 1. The molecule has 0 aromatic carbocycles. The summed E-state index contributed by atoms with van der Waals surface area (Å²) in [5, 5.41) is 2.71. The van der Waals surface area contributed by atoms with Crippen molar-refractivity contribution in [3.05, 3.63) is 47.5 Å². The van der Waals surface area contributed by atoms with E-state index in [0.717, 1.165) is 24.4 Å². The minimum Gasteiger partial charge on any atom is -0.464 e. The van der Waals surface area contributed by atoms with Crippen LogP contribution < -0.4 is 11.1 Å². The van der Waals surface area contributed by atoms with Crippen LogP contribution >= 0.6 is 0 Å². The third-order valence-electron chi connectivity index (χ3n) is 3.84. The molecule has 23 heavy (non-hydrogen) atoms. The van der Waals surface area contributed by atoms with Gasteiger partial charge in [0.15, 0.2) is 0 Å². The lowest BCUT2D eigenvalue weighted by atomic mass is 10.2. The lowest BCUT2D eigenvalue weighted by Crippen LogP contribution is -2.34. The van der Waals surface area contributed by atoms with Crippen molar-refractivity contribution < 1.29 is 14.0 Å². The molecule has 120 valence electrons. The summed E-state index contributed by atoms with van der Waals surface area (Å²) in [6.07, 6.45) is 1.77. The van der Waals surface area contributed by atoms with Gasteiger partial charge in [0, 0.05) is 6.54 Å². The lowest BCUT2D eigenvalue weighted by Gasteiger charge is -2.23. The van der Waals surface area contributed by atoms with E-state index in [9.17, 15) is 9.59 Å². The number of aryl methyl sites for hydroxylation is 1. The molecule has 0 spiro atoms. The number of carbonyl (C=O) groups is 2. The summed E-state index contributed by atoms with van der Waals surface area (Å²) in [7, 11) is 0. The summed E-state index contributed by atoms with van der Waals surface area (Å²) in [5.41, 5.74) is 5.31. The lowest BCUT2D eigenvalue weighted by molar-refractivity contribution is 0.0995. The number of nitrogens with zero attached hydrogens (tertiary/aromatic N) is 2. The Balaban J connectivity index is 1.74. The van der Waals surface area contributed by atoms with E-state index < -0.39 is 5.91 Å². The molecule has 7 heteroatoms. The van der Waals surface area contributed by atoms with Gasteiger partial charge in [0.1, 0.15) is 23.0 Å². The molecule has 3 amide bonds. The van der Waals surface area contributed by atoms with E-state index in [1.54, 1.807) is 17.0 Å². The molecular weight excluding hydrogens is 296 g/mol. The van der Waals surface area contributed by atoms with Crippen LogP contribution in [0.4, 0.5) is 10.6 Å². The fourth-order valence-electron chi connectivity index (χ4n) is 2.76. The van der Waals surface area contributed by atoms with Gasteiger partial charge < -0.3 is 15.1 Å². The molecule has 2 aromatic rings. The maximum Gasteiger partial charge on any atom is 0.323 e. The van der Waals surface area contributed by atoms with Crippen LogP contribution in [0.5, 0.6) is 0 Å². The largest absolute Gasteiger partial charge is 0.464 e. The average molecular weight is 314 g/mol. The first kappa shape index (κ1) is 15.1. The molecule has 7 nitrogen and oxygen atoms in total. The van der Waals surface area contributed by atoms with Crippen LogP contribution in [0.2, 0.25) is 0 Å². The average Bonchev–Trinajstić information content (AvgIpc) is 3.15. The number of furan rings is 1. The second-order valence-electron chi connectivity index (χ2n) is 5.50. The Morgan fingerprint density at radius 2 is 2.17 bits per heavy atom. The Labute approximate surface area is 133 Å². The first-order valence-corrected chi connectivity index (χ1v) is 7.45. The van der Waals surface area contributed by atoms with Crippen molar-refractivity contribution in [2.75, 3.05) is 11.9 Å². The van der Waals surface area contributed by atoms with Gasteiger partial charge in [-0.15, -0.1) is 0 Å². The minimum absolute atomic E-state index is 0.0805. The minimum atomic E-state index is -0.633. The van der Waals surface area contributed by atoms with Crippen molar-refractivity contribution in [1.82, 2.24) is 9.88 Å². The van der Waals surface area contributed by atoms with Gasteiger partial charge in [-0.25, -0.2) is 9.78 Å². The predicted molar refractivity (Wildman–Crippen MR) is 83.9 cm³/mol. The SMILES string of the molecule is Cc1ccc([C@H]2CCCN2C(=O)Nc2cccc(C(N)=O)n2)o1. The second kappa shape index (κ2) is 6.12. The smallest absolute Gasteiger partial charge is 0.323 e. The molecule has 0 bridgehead atoms. The van der Waals surface area contributed by atoms with Gasteiger partial charge >= 0.3 is 6.03 Å². The molecule has 1 aliphatic rings. The number of rotatable bonds is 3. The van der Waals surface area contributed by atoms with Gasteiger partial charge in [-0.2, -0.15) is 0 Å². The number of nitrogens with two attached hydrogens (primary N) is 1. The van der Waals surface area contributed by atoms with Crippen molar-refractivity contribution in [2.24, 2.45) is 5.73 Å². The maximum absolute atomic E-state index is 12.5. The molecule has 1 aliphatic heterocycles. The first-order valence-electron chi connectivity index (χ1n) is 7.45. The van der Waals surface area contributed by atoms with Crippen LogP contribution in [-0.4, -0.2) is 28.4 Å². The topological polar surface area (TPSA) is 101 Å². The zero-order chi connectivity index (χ0) is 16.4. The normalized spacial score (nSPS) is 17.3. The summed E-state index contributed by atoms with van der Waals surface area (Å²) in [5.74, 6) is 1.27. The predicted octanol–water partition coefficient (Wildman–Crippen LogP) is 2.45. The third-order valence-corrected chi connectivity index (χ3v) is 3.84. The summed E-state index contributed by atoms with van der Waals surface area (Å²) in [6.45, 7) is 2.52. The number of pyridine rings is 1. The van der Waals surface area contributed by atoms with E-state index in [4.69, 9.17) is 10.2 Å². The summed E-state index contributed by atoms with van der Waals surface area (Å²) < 4.78 is 5.65. The maximum atomic E-state index is 12.5. The van der Waals surface area contributed by atoms with Crippen LogP contribution in [0.15, 0.2) is 34.7 Å². The number of carbonyl (C=O) groups excluding carboxylic acids is 2. The van der Waals surface area contributed by atoms with Crippen molar-refractivity contribution in [3.63, 3.8) is 0 Å². The second-order valence-corrected chi connectivity index (χ2v) is 5.50. The fourth-order valence-corrected chi connectivity index (χ4v) is 2.76. The number of hydrogen-bond acceptors (Lipinski definition) is 4. The molecule has 0 unspecified atom stereocenters. The Morgan fingerprint density at radius 1 is 1.35 bits per heavy atom. The molecule has 1 atom stereocenters. The number of anilines is 1. The molecule has 3 rings (SSSR count). The number of amides is 3. The molecule has 0 radical (unpaired) electrons. The Hall–Kier alpha value is -2.83. The monoisotopic (exact) mass is 314 g/mol. The molecular formula is C16H18N4O3. The zero-order valence-electron chi connectivity index (χ0n) is 12.8. The molecule has 0 aliphatic carbocycles. The number of aromatic nitrogens is 1. The van der Waals surface area contributed by atoms with Crippen molar-refractivity contribution in [2.45, 2.75) is 25.8 Å². The first-order chi connectivity index (χ1) is 11.0. The van der Waals surface area contributed by atoms with E-state index in [-0.39, 0.29) is 17.8 Å². The highest BCUT2D eigenvalue weighted by Crippen LogP contribution is 2.33. The summed E-state index contributed by atoms with van der Waals surface area (Å²) in [6, 6.07) is 8.19. The van der Waals surface area contributed by atoms with E-state index >= 15 is 0 Å². The highest BCUT2D eigenvalue weighted by atomic mass is 16.3. The van der Waals surface area contributed by atoms with Gasteiger partial charge in [0.25, 0.3) is 5.91 Å². The van der Waals surface area contributed by atoms with Gasteiger partial charge in [0.2, 0.25) is 0 Å².